The van der Waals surface area contributed by atoms with Crippen molar-refractivity contribution in [2.75, 3.05) is 6.61 Å². The number of hydrogen-bond donors (Lipinski definition) is 0. The fourth-order valence-corrected chi connectivity index (χ4v) is 2.98. The van der Waals surface area contributed by atoms with Gasteiger partial charge in [-0.3, -0.25) is 4.79 Å². The van der Waals surface area contributed by atoms with Gasteiger partial charge >= 0.3 is 5.97 Å². The van der Waals surface area contributed by atoms with E-state index in [2.05, 4.69) is 0 Å². The summed E-state index contributed by atoms with van der Waals surface area (Å²) in [5, 5.41) is 0.123. The lowest BCUT2D eigenvalue weighted by Crippen LogP contribution is -2.23. The molecule has 1 aliphatic rings. The van der Waals surface area contributed by atoms with Crippen molar-refractivity contribution in [2.45, 2.75) is 26.3 Å². The molecule has 0 radical (unpaired) electrons. The monoisotopic (exact) mass is 309 g/mol. The first kappa shape index (κ1) is 14.1. The maximum Gasteiger partial charge on any atom is 0.343 e. The number of halogens is 2. The molecule has 0 saturated heterocycles. The van der Waals surface area contributed by atoms with Crippen molar-refractivity contribution < 1.29 is 13.9 Å². The van der Waals surface area contributed by atoms with Crippen molar-refractivity contribution in [2.24, 2.45) is 0 Å². The van der Waals surface area contributed by atoms with Crippen molar-refractivity contribution in [1.82, 2.24) is 4.57 Å². The van der Waals surface area contributed by atoms with Gasteiger partial charge in [0.25, 0.3) is 0 Å². The van der Waals surface area contributed by atoms with Crippen LogP contribution in [0.15, 0.2) is 16.9 Å². The van der Waals surface area contributed by atoms with Crippen LogP contribution in [0.25, 0.3) is 10.9 Å². The maximum atomic E-state index is 13.7. The normalized spacial score (nSPS) is 13.5. The van der Waals surface area contributed by atoms with E-state index in [0.29, 0.717) is 24.2 Å². The molecule has 6 heteroatoms. The molecule has 110 valence electrons. The number of hydrogen-bond acceptors (Lipinski definition) is 3. The Labute approximate surface area is 125 Å². The molecule has 0 bridgehead atoms. The lowest BCUT2D eigenvalue weighted by molar-refractivity contribution is 0.0523. The standard InChI is InChI=1S/C15H13ClFNO3/c1-2-21-15(20)13-11-4-3-5-18(11)12-7-9(16)10(17)6-8(12)14(13)19/h6-7H,2-5H2,1H3. The molecule has 0 amide bonds. The number of nitrogens with zero attached hydrogens (tertiary/aromatic N) is 1. The summed E-state index contributed by atoms with van der Waals surface area (Å²) in [7, 11) is 0. The van der Waals surface area contributed by atoms with Crippen LogP contribution >= 0.6 is 11.6 Å². The Hall–Kier alpha value is -1.88. The highest BCUT2D eigenvalue weighted by molar-refractivity contribution is 6.31. The van der Waals surface area contributed by atoms with Crippen molar-refractivity contribution in [3.63, 3.8) is 0 Å². The maximum absolute atomic E-state index is 13.7. The number of fused-ring (bicyclic) bond motifs is 3. The van der Waals surface area contributed by atoms with E-state index in [-0.39, 0.29) is 22.6 Å². The van der Waals surface area contributed by atoms with E-state index in [0.717, 1.165) is 12.5 Å². The van der Waals surface area contributed by atoms with Crippen LogP contribution < -0.4 is 5.43 Å². The van der Waals surface area contributed by atoms with E-state index in [1.807, 2.05) is 4.57 Å². The average molecular weight is 310 g/mol. The average Bonchev–Trinajstić information content (AvgIpc) is 2.90. The van der Waals surface area contributed by atoms with Gasteiger partial charge in [0.05, 0.1) is 17.1 Å². The molecule has 0 aliphatic carbocycles. The van der Waals surface area contributed by atoms with Gasteiger partial charge in [-0.2, -0.15) is 0 Å². The molecule has 0 spiro atoms. The fourth-order valence-electron chi connectivity index (χ4n) is 2.82. The predicted molar refractivity (Wildman–Crippen MR) is 77.5 cm³/mol. The minimum atomic E-state index is -0.672. The van der Waals surface area contributed by atoms with Gasteiger partial charge in [-0.25, -0.2) is 9.18 Å². The minimum Gasteiger partial charge on any atom is -0.462 e. The van der Waals surface area contributed by atoms with Gasteiger partial charge in [0.15, 0.2) is 0 Å². The predicted octanol–water partition coefficient (Wildman–Crippen LogP) is 2.92. The molecule has 0 fully saturated rings. The second kappa shape index (κ2) is 5.15. The molecule has 1 aromatic heterocycles. The third-order valence-corrected chi connectivity index (χ3v) is 3.98. The highest BCUT2D eigenvalue weighted by Gasteiger charge is 2.26. The van der Waals surface area contributed by atoms with Crippen molar-refractivity contribution in [1.29, 1.82) is 0 Å². The molecule has 0 atom stereocenters. The number of benzene rings is 1. The molecule has 0 unspecified atom stereocenters. The number of esters is 1. The molecular formula is C15H13ClFNO3. The first-order valence-electron chi connectivity index (χ1n) is 6.76. The van der Waals surface area contributed by atoms with Gasteiger partial charge in [0.1, 0.15) is 11.4 Å². The Morgan fingerprint density at radius 1 is 1.48 bits per heavy atom. The molecule has 4 nitrogen and oxygen atoms in total. The largest absolute Gasteiger partial charge is 0.462 e. The van der Waals surface area contributed by atoms with Gasteiger partial charge in [-0.1, -0.05) is 11.6 Å². The number of rotatable bonds is 2. The fraction of sp³-hybridized carbons (Fsp3) is 0.333. The molecule has 0 N–H and O–H groups in total. The molecule has 2 aromatic rings. The van der Waals surface area contributed by atoms with Crippen LogP contribution in [0.3, 0.4) is 0 Å². The Morgan fingerprint density at radius 2 is 2.24 bits per heavy atom. The van der Waals surface area contributed by atoms with Crippen LogP contribution in [0.1, 0.15) is 29.4 Å². The van der Waals surface area contributed by atoms with Crippen LogP contribution in [0, 0.1) is 5.82 Å². The number of carbonyl (C=O) groups is 1. The molecule has 21 heavy (non-hydrogen) atoms. The van der Waals surface area contributed by atoms with Crippen LogP contribution in [0.2, 0.25) is 5.02 Å². The van der Waals surface area contributed by atoms with Crippen LogP contribution in [-0.2, 0) is 17.7 Å². The van der Waals surface area contributed by atoms with E-state index in [1.54, 1.807) is 6.92 Å². The second-order valence-electron chi connectivity index (χ2n) is 4.91. The first-order chi connectivity index (χ1) is 10.0. The summed E-state index contributed by atoms with van der Waals surface area (Å²) in [4.78, 5) is 24.6. The van der Waals surface area contributed by atoms with E-state index in [1.165, 1.54) is 6.07 Å². The van der Waals surface area contributed by atoms with Gasteiger partial charge in [-0.05, 0) is 31.9 Å². The zero-order valence-electron chi connectivity index (χ0n) is 11.4. The lowest BCUT2D eigenvalue weighted by Gasteiger charge is -2.13. The topological polar surface area (TPSA) is 48.3 Å². The molecule has 2 heterocycles. The summed E-state index contributed by atoms with van der Waals surface area (Å²) in [5.74, 6) is -1.32. The van der Waals surface area contributed by atoms with E-state index in [4.69, 9.17) is 16.3 Å². The van der Waals surface area contributed by atoms with Crippen molar-refractivity contribution in [3.05, 3.63) is 44.5 Å². The molecule has 1 aliphatic heterocycles. The van der Waals surface area contributed by atoms with Crippen molar-refractivity contribution >= 4 is 28.5 Å². The van der Waals surface area contributed by atoms with E-state index < -0.39 is 17.2 Å². The molecule has 3 rings (SSSR count). The van der Waals surface area contributed by atoms with E-state index >= 15 is 0 Å². The summed E-state index contributed by atoms with van der Waals surface area (Å²) in [6.07, 6.45) is 1.44. The van der Waals surface area contributed by atoms with Crippen LogP contribution in [0.5, 0.6) is 0 Å². The summed E-state index contributed by atoms with van der Waals surface area (Å²) in [6, 6.07) is 2.53. The van der Waals surface area contributed by atoms with Gasteiger partial charge in [0.2, 0.25) is 5.43 Å². The number of aryl methyl sites for hydroxylation is 1. The second-order valence-corrected chi connectivity index (χ2v) is 5.32. The Balaban J connectivity index is 2.40. The smallest absolute Gasteiger partial charge is 0.343 e. The Bertz CT molecular complexity index is 813. The summed E-state index contributed by atoms with van der Waals surface area (Å²) >= 11 is 5.81. The zero-order chi connectivity index (χ0) is 15.1. The quantitative estimate of drug-likeness (QED) is 0.801. The minimum absolute atomic E-state index is 0.0172. The number of pyridine rings is 1. The molecular weight excluding hydrogens is 297 g/mol. The summed E-state index contributed by atoms with van der Waals surface area (Å²) < 4.78 is 20.5. The third-order valence-electron chi connectivity index (χ3n) is 3.69. The molecule has 0 saturated carbocycles. The van der Waals surface area contributed by atoms with Gasteiger partial charge < -0.3 is 9.30 Å². The number of ether oxygens (including phenoxy) is 1. The van der Waals surface area contributed by atoms with Crippen LogP contribution in [-0.4, -0.2) is 17.1 Å². The highest BCUT2D eigenvalue weighted by Crippen LogP contribution is 2.27. The van der Waals surface area contributed by atoms with Crippen molar-refractivity contribution in [3.8, 4) is 0 Å². The third kappa shape index (κ3) is 2.12. The van der Waals surface area contributed by atoms with E-state index in [9.17, 15) is 14.0 Å². The summed E-state index contributed by atoms with van der Waals surface area (Å²) in [5.41, 5.74) is 0.733. The summed E-state index contributed by atoms with van der Waals surface area (Å²) in [6.45, 7) is 2.53. The Kier molecular flexibility index (Phi) is 3.45. The Morgan fingerprint density at radius 3 is 2.95 bits per heavy atom. The van der Waals surface area contributed by atoms with Crippen LogP contribution in [0.4, 0.5) is 4.39 Å². The lowest BCUT2D eigenvalue weighted by atomic mass is 10.1. The SMILES string of the molecule is CCOC(=O)c1c2n(c3cc(Cl)c(F)cc3c1=O)CCC2. The highest BCUT2D eigenvalue weighted by atomic mass is 35.5. The van der Waals surface area contributed by atoms with Gasteiger partial charge in [0, 0.05) is 17.6 Å². The zero-order valence-corrected chi connectivity index (χ0v) is 12.2. The number of aromatic nitrogens is 1. The first-order valence-corrected chi connectivity index (χ1v) is 7.14. The molecule has 1 aromatic carbocycles. The van der Waals surface area contributed by atoms with Gasteiger partial charge in [-0.15, -0.1) is 0 Å². The number of carbonyl (C=O) groups excluding carboxylic acids is 1.